The second kappa shape index (κ2) is 9.24. The molecule has 0 spiro atoms. The Balaban J connectivity index is 1.34. The molecule has 9 heteroatoms. The summed E-state index contributed by atoms with van der Waals surface area (Å²) >= 11 is 0. The fraction of sp³-hybridized carbons (Fsp3) is 0.231. The molecule has 1 aliphatic heterocycles. The molecule has 0 aliphatic carbocycles. The molecule has 180 valence electrons. The number of aromatic amines is 1. The molecule has 1 aliphatic rings. The maximum Gasteiger partial charge on any atom is 0.243 e. The summed E-state index contributed by atoms with van der Waals surface area (Å²) in [6.45, 7) is 2.05. The van der Waals surface area contributed by atoms with Crippen LogP contribution < -0.4 is 5.32 Å². The van der Waals surface area contributed by atoms with Crippen LogP contribution >= 0.6 is 0 Å². The quantitative estimate of drug-likeness (QED) is 0.422. The first-order valence-electron chi connectivity index (χ1n) is 11.4. The maximum absolute atomic E-state index is 13.8. The molecule has 4 aromatic rings. The van der Waals surface area contributed by atoms with Gasteiger partial charge in [-0.05, 0) is 55.7 Å². The van der Waals surface area contributed by atoms with E-state index in [1.54, 1.807) is 37.3 Å². The maximum atomic E-state index is 13.8. The Morgan fingerprint density at radius 1 is 1.11 bits per heavy atom. The highest BCUT2D eigenvalue weighted by Gasteiger charge is 2.33. The van der Waals surface area contributed by atoms with Gasteiger partial charge < -0.3 is 10.3 Å². The topological polar surface area (TPSA) is 95.2 Å². The second-order valence-corrected chi connectivity index (χ2v) is 10.7. The van der Waals surface area contributed by atoms with Crippen LogP contribution in [-0.2, 0) is 14.8 Å². The third-order valence-electron chi connectivity index (χ3n) is 6.33. The van der Waals surface area contributed by atoms with E-state index in [4.69, 9.17) is 0 Å². The van der Waals surface area contributed by atoms with E-state index >= 15 is 0 Å². The lowest BCUT2D eigenvalue weighted by Gasteiger charge is -2.31. The number of nitrogens with one attached hydrogen (secondary N) is 2. The van der Waals surface area contributed by atoms with Gasteiger partial charge in [0.2, 0.25) is 15.9 Å². The Kier molecular flexibility index (Phi) is 6.12. The molecule has 0 saturated carbocycles. The average Bonchev–Trinajstić information content (AvgIpc) is 3.30. The molecule has 2 N–H and O–H groups in total. The van der Waals surface area contributed by atoms with Gasteiger partial charge in [0.25, 0.3) is 0 Å². The summed E-state index contributed by atoms with van der Waals surface area (Å²) in [5.41, 5.74) is 3.05. The van der Waals surface area contributed by atoms with Crippen molar-refractivity contribution in [1.82, 2.24) is 14.3 Å². The molecule has 5 rings (SSSR count). The predicted octanol–water partition coefficient (Wildman–Crippen LogP) is 4.72. The van der Waals surface area contributed by atoms with E-state index in [0.717, 1.165) is 5.56 Å². The van der Waals surface area contributed by atoms with Gasteiger partial charge in [-0.3, -0.25) is 4.79 Å². The van der Waals surface area contributed by atoms with Crippen molar-refractivity contribution in [3.63, 3.8) is 0 Å². The van der Waals surface area contributed by atoms with Gasteiger partial charge in [-0.2, -0.15) is 4.31 Å². The largest absolute Gasteiger partial charge is 0.338 e. The number of sulfonamides is 1. The van der Waals surface area contributed by atoms with Crippen LogP contribution in [0.25, 0.3) is 22.4 Å². The zero-order valence-electron chi connectivity index (χ0n) is 19.2. The summed E-state index contributed by atoms with van der Waals surface area (Å²) in [4.78, 5) is 20.7. The molecule has 1 atom stereocenters. The van der Waals surface area contributed by atoms with Gasteiger partial charge >= 0.3 is 0 Å². The van der Waals surface area contributed by atoms with Gasteiger partial charge in [0.1, 0.15) is 11.6 Å². The fourth-order valence-corrected chi connectivity index (χ4v) is 5.87. The van der Waals surface area contributed by atoms with Crippen molar-refractivity contribution < 1.29 is 17.6 Å². The van der Waals surface area contributed by atoms with E-state index in [1.807, 2.05) is 30.3 Å². The minimum atomic E-state index is -3.81. The predicted molar refractivity (Wildman–Crippen MR) is 133 cm³/mol. The summed E-state index contributed by atoms with van der Waals surface area (Å²) in [6.07, 6.45) is 1.12. The summed E-state index contributed by atoms with van der Waals surface area (Å²) in [6, 6.07) is 18.9. The number of benzene rings is 3. The Labute approximate surface area is 203 Å². The molecule has 7 nitrogen and oxygen atoms in total. The zero-order valence-corrected chi connectivity index (χ0v) is 20.0. The van der Waals surface area contributed by atoms with E-state index in [-0.39, 0.29) is 17.3 Å². The third kappa shape index (κ3) is 4.69. The lowest BCUT2D eigenvalue weighted by molar-refractivity contribution is -0.120. The number of carbonyl (C=O) groups is 1. The van der Waals surface area contributed by atoms with Gasteiger partial charge in [-0.15, -0.1) is 0 Å². The molecule has 1 aromatic heterocycles. The van der Waals surface area contributed by atoms with Crippen molar-refractivity contribution in [1.29, 1.82) is 0 Å². The number of anilines is 1. The minimum Gasteiger partial charge on any atom is -0.338 e. The summed E-state index contributed by atoms with van der Waals surface area (Å²) in [7, 11) is -3.81. The second-order valence-electron chi connectivity index (χ2n) is 8.79. The molecule has 0 radical (unpaired) electrons. The number of fused-ring (bicyclic) bond motifs is 1. The lowest BCUT2D eigenvalue weighted by atomic mass is 9.98. The van der Waals surface area contributed by atoms with Crippen LogP contribution in [0.2, 0.25) is 0 Å². The van der Waals surface area contributed by atoms with Crippen molar-refractivity contribution >= 4 is 32.7 Å². The smallest absolute Gasteiger partial charge is 0.243 e. The highest BCUT2D eigenvalue weighted by atomic mass is 32.2. The summed E-state index contributed by atoms with van der Waals surface area (Å²) < 4.78 is 42.0. The van der Waals surface area contributed by atoms with E-state index < -0.39 is 21.8 Å². The first kappa shape index (κ1) is 23.2. The monoisotopic (exact) mass is 492 g/mol. The summed E-state index contributed by atoms with van der Waals surface area (Å²) in [5, 5.41) is 2.72. The molecule has 35 heavy (non-hydrogen) atoms. The van der Waals surface area contributed by atoms with Crippen LogP contribution in [0, 0.1) is 18.7 Å². The number of nitrogens with zero attached hydrogens (tertiary/aromatic N) is 2. The van der Waals surface area contributed by atoms with E-state index in [9.17, 15) is 17.6 Å². The number of halogens is 1. The van der Waals surface area contributed by atoms with Crippen LogP contribution in [0.4, 0.5) is 10.1 Å². The number of imidazole rings is 1. The minimum absolute atomic E-state index is 0.0682. The first-order valence-corrected chi connectivity index (χ1v) is 12.9. The van der Waals surface area contributed by atoms with Crippen molar-refractivity contribution in [2.24, 2.45) is 5.92 Å². The van der Waals surface area contributed by atoms with Gasteiger partial charge in [-0.25, -0.2) is 17.8 Å². The number of aryl methyl sites for hydroxylation is 1. The van der Waals surface area contributed by atoms with Crippen molar-refractivity contribution in [2.45, 2.75) is 24.7 Å². The van der Waals surface area contributed by atoms with Gasteiger partial charge in [0, 0.05) is 24.3 Å². The first-order chi connectivity index (χ1) is 16.8. The number of H-pyrrole nitrogens is 1. The fourth-order valence-electron chi connectivity index (χ4n) is 4.32. The standard InChI is InChI=1S/C26H25FN4O3S/c1-17-9-10-20(14-22(17)27)28-26(32)19-8-5-13-31(16-19)35(33,34)21-11-12-23-24(15-21)30-25(29-23)18-6-3-2-4-7-18/h2-4,6-7,9-12,14-15,19H,5,8,13,16H2,1H3,(H,28,32)(H,29,30). The number of hydrogen-bond donors (Lipinski definition) is 2. The average molecular weight is 493 g/mol. The van der Waals surface area contributed by atoms with Crippen LogP contribution in [0.5, 0.6) is 0 Å². The van der Waals surface area contributed by atoms with Crippen LogP contribution in [0.15, 0.2) is 71.6 Å². The molecule has 1 saturated heterocycles. The Hall–Kier alpha value is -3.56. The molecule has 1 amide bonds. The molecular formula is C26H25FN4O3S. The Bertz CT molecular complexity index is 1500. The zero-order chi connectivity index (χ0) is 24.6. The highest BCUT2D eigenvalue weighted by molar-refractivity contribution is 7.89. The number of aromatic nitrogens is 2. The van der Waals surface area contributed by atoms with Gasteiger partial charge in [0.15, 0.2) is 0 Å². The van der Waals surface area contributed by atoms with Crippen molar-refractivity contribution in [3.8, 4) is 11.4 Å². The lowest BCUT2D eigenvalue weighted by Crippen LogP contribution is -2.43. The van der Waals surface area contributed by atoms with Gasteiger partial charge in [-0.1, -0.05) is 36.4 Å². The Morgan fingerprint density at radius 3 is 2.69 bits per heavy atom. The SMILES string of the molecule is Cc1ccc(NC(=O)C2CCCN(S(=O)(=O)c3ccc4nc(-c5ccccc5)[nH]c4c3)C2)cc1F. The van der Waals surface area contributed by atoms with Gasteiger partial charge in [0.05, 0.1) is 21.8 Å². The molecular weight excluding hydrogens is 467 g/mol. The van der Waals surface area contributed by atoms with Crippen LogP contribution in [0.1, 0.15) is 18.4 Å². The van der Waals surface area contributed by atoms with E-state index in [0.29, 0.717) is 47.5 Å². The van der Waals surface area contributed by atoms with Crippen LogP contribution in [-0.4, -0.2) is 41.7 Å². The molecule has 2 heterocycles. The number of amides is 1. The molecule has 1 unspecified atom stereocenters. The number of hydrogen-bond acceptors (Lipinski definition) is 4. The Morgan fingerprint density at radius 2 is 1.91 bits per heavy atom. The molecule has 1 fully saturated rings. The number of rotatable bonds is 5. The number of piperidine rings is 1. The highest BCUT2D eigenvalue weighted by Crippen LogP contribution is 2.28. The van der Waals surface area contributed by atoms with Crippen molar-refractivity contribution in [3.05, 3.63) is 78.1 Å². The normalized spacial score (nSPS) is 16.9. The van der Waals surface area contributed by atoms with Crippen molar-refractivity contribution in [2.75, 3.05) is 18.4 Å². The number of carbonyl (C=O) groups excluding carboxylic acids is 1. The molecule has 0 bridgehead atoms. The summed E-state index contributed by atoms with van der Waals surface area (Å²) in [5.74, 6) is -0.578. The van der Waals surface area contributed by atoms with Crippen LogP contribution in [0.3, 0.4) is 0 Å². The van der Waals surface area contributed by atoms with E-state index in [2.05, 4.69) is 15.3 Å². The van der Waals surface area contributed by atoms with E-state index in [1.165, 1.54) is 10.4 Å². The molecule has 3 aromatic carbocycles. The third-order valence-corrected chi connectivity index (χ3v) is 8.19.